The summed E-state index contributed by atoms with van der Waals surface area (Å²) in [5, 5.41) is 1.15. The number of nitrogens with one attached hydrogen (secondary N) is 1. The molecule has 7 rings (SSSR count). The molecule has 1 saturated heterocycles. The van der Waals surface area contributed by atoms with Crippen molar-refractivity contribution in [3.8, 4) is 0 Å². The van der Waals surface area contributed by atoms with Crippen molar-refractivity contribution in [2.45, 2.75) is 36.5 Å². The molecule has 7 atom stereocenters. The highest BCUT2D eigenvalue weighted by atomic mass is 79.9. The Morgan fingerprint density at radius 3 is 2.26 bits per heavy atom. The van der Waals surface area contributed by atoms with Crippen molar-refractivity contribution >= 4 is 62.2 Å². The van der Waals surface area contributed by atoms with Crippen LogP contribution in [0.2, 0.25) is 0 Å². The number of aromatic amines is 1. The Morgan fingerprint density at radius 1 is 0.947 bits per heavy atom. The van der Waals surface area contributed by atoms with Gasteiger partial charge in [-0.15, -0.1) is 11.8 Å². The van der Waals surface area contributed by atoms with E-state index < -0.39 is 0 Å². The van der Waals surface area contributed by atoms with Gasteiger partial charge in [-0.2, -0.15) is 0 Å². The largest absolute Gasteiger partial charge is 0.372 e. The molecule has 196 valence electrons. The maximum atomic E-state index is 13.9. The molecule has 9 heteroatoms. The summed E-state index contributed by atoms with van der Waals surface area (Å²) in [6.45, 7) is 6.21. The monoisotopic (exact) mass is 609 g/mol. The molecule has 2 aliphatic carbocycles. The molecule has 4 aliphatic rings. The van der Waals surface area contributed by atoms with Crippen molar-refractivity contribution in [2.75, 3.05) is 22.9 Å². The standard InChI is InChI=1S/C29H28BrN3O3S2/c1-3-32(4-2)16-9-5-14(6-10-16)20-21-18-13-19(24(21)37-26-25(20)38-29(36)31-26)23-22(18)27(34)33(28(23)35)17-11-7-15(30)8-12-17/h5-12,18-24H,3-4,13H2,1-2H3,(H,31,36)/t18-,19-,20+,21+,22+,23+,24-/m1/s1. The Kier molecular flexibility index (Phi) is 5.91. The smallest absolute Gasteiger partial charge is 0.305 e. The van der Waals surface area contributed by atoms with Gasteiger partial charge >= 0.3 is 4.87 Å². The van der Waals surface area contributed by atoms with E-state index in [2.05, 4.69) is 63.9 Å². The van der Waals surface area contributed by atoms with Gasteiger partial charge in [-0.3, -0.25) is 19.3 Å². The van der Waals surface area contributed by atoms with Crippen molar-refractivity contribution in [3.05, 3.63) is 73.1 Å². The summed E-state index contributed by atoms with van der Waals surface area (Å²) in [7, 11) is 0. The SMILES string of the molecule is CCN(CC)c1ccc([C@@H]2c3sc(=O)[nH]c3S[C@@H]3[C@@H]4C[C@@H]([C@@H]5C(=O)N(c6ccc(Br)cc6)C(=O)[C@@H]45)[C@@H]23)cc1. The van der Waals surface area contributed by atoms with Crippen LogP contribution in [-0.4, -0.2) is 35.1 Å². The Morgan fingerprint density at radius 2 is 1.61 bits per heavy atom. The van der Waals surface area contributed by atoms with Gasteiger partial charge in [0.1, 0.15) is 0 Å². The number of anilines is 2. The third kappa shape index (κ3) is 3.47. The fourth-order valence-electron chi connectivity index (χ4n) is 7.72. The Hall–Kier alpha value is -2.36. The van der Waals surface area contributed by atoms with Crippen LogP contribution in [0.4, 0.5) is 11.4 Å². The Labute approximate surface area is 237 Å². The predicted molar refractivity (Wildman–Crippen MR) is 155 cm³/mol. The molecule has 2 bridgehead atoms. The highest BCUT2D eigenvalue weighted by molar-refractivity contribution is 9.10. The molecule has 6 nitrogen and oxygen atoms in total. The summed E-state index contributed by atoms with van der Waals surface area (Å²) in [6, 6.07) is 16.2. The van der Waals surface area contributed by atoms with Crippen LogP contribution < -0.4 is 14.7 Å². The zero-order valence-electron chi connectivity index (χ0n) is 21.1. The van der Waals surface area contributed by atoms with Crippen LogP contribution in [0, 0.1) is 29.6 Å². The number of halogens is 1. The lowest BCUT2D eigenvalue weighted by Gasteiger charge is -2.43. The average Bonchev–Trinajstić information content (AvgIpc) is 3.65. The van der Waals surface area contributed by atoms with Crippen LogP contribution >= 0.6 is 39.0 Å². The van der Waals surface area contributed by atoms with E-state index in [0.717, 1.165) is 33.9 Å². The average molecular weight is 611 g/mol. The van der Waals surface area contributed by atoms with E-state index in [1.54, 1.807) is 11.8 Å². The van der Waals surface area contributed by atoms with Gasteiger partial charge in [0.15, 0.2) is 0 Å². The molecule has 3 heterocycles. The van der Waals surface area contributed by atoms with E-state index in [0.29, 0.717) is 5.69 Å². The fraction of sp³-hybridized carbons (Fsp3) is 0.414. The number of rotatable bonds is 5. The zero-order valence-corrected chi connectivity index (χ0v) is 24.3. The minimum atomic E-state index is -0.285. The van der Waals surface area contributed by atoms with E-state index >= 15 is 0 Å². The van der Waals surface area contributed by atoms with Crippen molar-refractivity contribution in [1.82, 2.24) is 4.98 Å². The molecule has 2 saturated carbocycles. The summed E-state index contributed by atoms with van der Waals surface area (Å²) < 4.78 is 0.915. The molecule has 3 aromatic rings. The van der Waals surface area contributed by atoms with E-state index in [1.807, 2.05) is 24.3 Å². The third-order valence-corrected chi connectivity index (χ3v) is 12.3. The van der Waals surface area contributed by atoms with Crippen LogP contribution in [0.5, 0.6) is 0 Å². The second kappa shape index (κ2) is 9.10. The molecule has 38 heavy (non-hydrogen) atoms. The number of benzene rings is 2. The van der Waals surface area contributed by atoms with Crippen molar-refractivity contribution < 1.29 is 9.59 Å². The van der Waals surface area contributed by atoms with Crippen LogP contribution in [-0.2, 0) is 9.59 Å². The number of hydrogen-bond acceptors (Lipinski definition) is 6. The summed E-state index contributed by atoms with van der Waals surface area (Å²) in [6.07, 6.45) is 0.899. The molecule has 2 aliphatic heterocycles. The Balaban J connectivity index is 1.28. The second-order valence-electron chi connectivity index (χ2n) is 10.7. The molecule has 2 aromatic carbocycles. The van der Waals surface area contributed by atoms with Gasteiger partial charge in [-0.05, 0) is 80.0 Å². The second-order valence-corrected chi connectivity index (χ2v) is 13.8. The number of imide groups is 1. The number of carbonyl (C=O) groups excluding carboxylic acids is 2. The van der Waals surface area contributed by atoms with Crippen LogP contribution in [0.3, 0.4) is 0 Å². The van der Waals surface area contributed by atoms with Gasteiger partial charge in [0.25, 0.3) is 0 Å². The first-order chi connectivity index (χ1) is 18.4. The van der Waals surface area contributed by atoms with Crippen molar-refractivity contribution in [2.24, 2.45) is 29.6 Å². The number of fused-ring (bicyclic) bond motifs is 9. The molecule has 0 spiro atoms. The normalized spacial score (nSPS) is 30.9. The number of aromatic nitrogens is 1. The number of nitrogens with zero attached hydrogens (tertiary/aromatic N) is 2. The summed E-state index contributed by atoms with van der Waals surface area (Å²) in [5.74, 6) is -0.156. The number of carbonyl (C=O) groups is 2. The molecule has 0 radical (unpaired) electrons. The molecular weight excluding hydrogens is 582 g/mol. The maximum Gasteiger partial charge on any atom is 0.305 e. The van der Waals surface area contributed by atoms with E-state index in [1.165, 1.54) is 27.5 Å². The van der Waals surface area contributed by atoms with Gasteiger partial charge in [0.05, 0.1) is 22.5 Å². The Bertz CT molecular complexity index is 1480. The number of amides is 2. The van der Waals surface area contributed by atoms with Crippen LogP contribution in [0.25, 0.3) is 0 Å². The van der Waals surface area contributed by atoms with Crippen molar-refractivity contribution in [1.29, 1.82) is 0 Å². The van der Waals surface area contributed by atoms with Crippen molar-refractivity contribution in [3.63, 3.8) is 0 Å². The molecule has 1 N–H and O–H groups in total. The first-order valence-electron chi connectivity index (χ1n) is 13.3. The number of hydrogen-bond donors (Lipinski definition) is 1. The first-order valence-corrected chi connectivity index (χ1v) is 15.8. The molecule has 0 unspecified atom stereocenters. The third-order valence-electron chi connectivity index (χ3n) is 9.19. The van der Waals surface area contributed by atoms with Crippen LogP contribution in [0.15, 0.2) is 62.8 Å². The lowest BCUT2D eigenvalue weighted by atomic mass is 9.68. The number of thiazole rings is 1. The van der Waals surface area contributed by atoms with Gasteiger partial charge in [0, 0.05) is 39.3 Å². The first kappa shape index (κ1) is 24.7. The highest BCUT2D eigenvalue weighted by Crippen LogP contribution is 2.68. The van der Waals surface area contributed by atoms with Gasteiger partial charge in [-0.1, -0.05) is 39.4 Å². The van der Waals surface area contributed by atoms with E-state index in [4.69, 9.17) is 0 Å². The maximum absolute atomic E-state index is 13.9. The summed E-state index contributed by atoms with van der Waals surface area (Å²) in [4.78, 5) is 48.0. The minimum Gasteiger partial charge on any atom is -0.372 e. The topological polar surface area (TPSA) is 73.5 Å². The molecule has 2 amide bonds. The van der Waals surface area contributed by atoms with E-state index in [-0.39, 0.29) is 57.4 Å². The van der Waals surface area contributed by atoms with Crippen LogP contribution in [0.1, 0.15) is 36.6 Å². The quantitative estimate of drug-likeness (QED) is 0.374. The molecule has 1 aromatic heterocycles. The summed E-state index contributed by atoms with van der Waals surface area (Å²) in [5.41, 5.74) is 3.04. The van der Waals surface area contributed by atoms with Gasteiger partial charge in [0.2, 0.25) is 11.8 Å². The highest BCUT2D eigenvalue weighted by Gasteiger charge is 2.69. The zero-order chi connectivity index (χ0) is 26.3. The minimum absolute atomic E-state index is 0.0339. The van der Waals surface area contributed by atoms with Gasteiger partial charge < -0.3 is 9.88 Å². The fourth-order valence-corrected chi connectivity index (χ4v) is 10.9. The summed E-state index contributed by atoms with van der Waals surface area (Å²) >= 11 is 6.49. The lowest BCUT2D eigenvalue weighted by molar-refractivity contribution is -0.123. The van der Waals surface area contributed by atoms with E-state index in [9.17, 15) is 14.4 Å². The predicted octanol–water partition coefficient (Wildman–Crippen LogP) is 5.72. The molecular formula is C29H28BrN3O3S2. The number of thioether (sulfide) groups is 1. The number of H-pyrrole nitrogens is 1. The lowest BCUT2D eigenvalue weighted by Crippen LogP contribution is -2.42. The molecule has 3 fully saturated rings. The van der Waals surface area contributed by atoms with Gasteiger partial charge in [-0.25, -0.2) is 0 Å².